The molecule has 2 nitrogen and oxygen atoms in total. The molecule has 0 aromatic carbocycles. The number of hydrogen-bond acceptors (Lipinski definition) is 2. The van der Waals surface area contributed by atoms with Gasteiger partial charge in [0.15, 0.2) is 0 Å². The van der Waals surface area contributed by atoms with Crippen molar-refractivity contribution in [2.45, 2.75) is 40.6 Å². The van der Waals surface area contributed by atoms with Crippen molar-refractivity contribution < 1.29 is 0 Å². The Morgan fingerprint density at radius 1 is 1.36 bits per heavy atom. The Bertz CT molecular complexity index is 109. The van der Waals surface area contributed by atoms with E-state index in [2.05, 4.69) is 51.9 Å². The zero-order chi connectivity index (χ0) is 9.07. The smallest absolute Gasteiger partial charge is 0.220 e. The highest BCUT2D eigenvalue weighted by Crippen LogP contribution is 2.18. The molecule has 0 aromatic rings. The Labute approximate surface area is 71.6 Å². The molecular weight excluding hydrogens is 135 g/mol. The number of rotatable bonds is 3. The normalized spacial score (nSPS) is 15.2. The first-order chi connectivity index (χ1) is 4.88. The molecule has 1 atom stereocenters. The quantitative estimate of drug-likeness (QED) is 0.488. The third-order valence-corrected chi connectivity index (χ3v) is 2.19. The summed E-state index contributed by atoms with van der Waals surface area (Å²) in [6.45, 7) is 11.1. The number of hydrazine groups is 1. The molecule has 0 aliphatic carbocycles. The predicted octanol–water partition coefficient (Wildman–Crippen LogP) is 1.26. The van der Waals surface area contributed by atoms with Crippen LogP contribution in [0.3, 0.4) is 0 Å². The van der Waals surface area contributed by atoms with Crippen molar-refractivity contribution in [2.75, 3.05) is 7.05 Å². The first kappa shape index (κ1) is 11.0. The Kier molecular flexibility index (Phi) is 4.12. The van der Waals surface area contributed by atoms with Gasteiger partial charge in [-0.05, 0) is 19.4 Å². The molecule has 0 rings (SSSR count). The van der Waals surface area contributed by atoms with Gasteiger partial charge in [-0.25, -0.2) is 0 Å². The zero-order valence-electron chi connectivity index (χ0n) is 8.73. The van der Waals surface area contributed by atoms with Crippen molar-refractivity contribution in [1.29, 1.82) is 0 Å². The summed E-state index contributed by atoms with van der Waals surface area (Å²) < 4.78 is 0. The van der Waals surface area contributed by atoms with Crippen LogP contribution in [0.4, 0.5) is 0 Å². The molecule has 0 heterocycles. The summed E-state index contributed by atoms with van der Waals surface area (Å²) in [7, 11) is 3.11. The van der Waals surface area contributed by atoms with Crippen LogP contribution in [0.2, 0.25) is 6.82 Å². The van der Waals surface area contributed by atoms with Gasteiger partial charge < -0.3 is 0 Å². The van der Waals surface area contributed by atoms with Gasteiger partial charge in [-0.1, -0.05) is 27.6 Å². The number of nitrogens with one attached hydrogen (secondary N) is 1. The van der Waals surface area contributed by atoms with Gasteiger partial charge in [0.05, 0.1) is 0 Å². The Morgan fingerprint density at radius 3 is 2.09 bits per heavy atom. The maximum absolute atomic E-state index is 3.40. The van der Waals surface area contributed by atoms with Gasteiger partial charge in [-0.15, -0.1) is 0 Å². The van der Waals surface area contributed by atoms with Gasteiger partial charge in [-0.2, -0.15) is 0 Å². The lowest BCUT2D eigenvalue weighted by molar-refractivity contribution is 0.210. The van der Waals surface area contributed by atoms with Crippen molar-refractivity contribution >= 4 is 7.41 Å². The van der Waals surface area contributed by atoms with Crippen LogP contribution >= 0.6 is 0 Å². The lowest BCUT2D eigenvalue weighted by atomic mass is 9.88. The van der Waals surface area contributed by atoms with E-state index in [0.29, 0.717) is 11.5 Å². The number of hydrogen-bond donors (Lipinski definition) is 1. The fourth-order valence-electron chi connectivity index (χ4n) is 0.616. The van der Waals surface area contributed by atoms with Crippen molar-refractivity contribution in [2.24, 2.45) is 5.41 Å². The second-order valence-corrected chi connectivity index (χ2v) is 4.23. The summed E-state index contributed by atoms with van der Waals surface area (Å²) in [4.78, 5) is 2.12. The van der Waals surface area contributed by atoms with E-state index in [1.54, 1.807) is 0 Å². The van der Waals surface area contributed by atoms with Gasteiger partial charge in [0.1, 0.15) is 0 Å². The molecule has 3 heteroatoms. The second-order valence-electron chi connectivity index (χ2n) is 4.23. The summed E-state index contributed by atoms with van der Waals surface area (Å²) in [6.07, 6.45) is 0. The summed E-state index contributed by atoms with van der Waals surface area (Å²) in [5, 5.41) is 0. The minimum Gasteiger partial charge on any atom is -0.291 e. The fourth-order valence-corrected chi connectivity index (χ4v) is 0.616. The molecule has 0 fully saturated rings. The van der Waals surface area contributed by atoms with Crippen molar-refractivity contribution in [3.63, 3.8) is 0 Å². The predicted molar refractivity (Wildman–Crippen MR) is 52.8 cm³/mol. The largest absolute Gasteiger partial charge is 0.291 e. The highest BCUT2D eigenvalue weighted by atomic mass is 15.5. The maximum Gasteiger partial charge on any atom is 0.220 e. The van der Waals surface area contributed by atoms with Crippen molar-refractivity contribution in [1.82, 2.24) is 10.3 Å². The maximum atomic E-state index is 3.40. The molecule has 11 heavy (non-hydrogen) atoms. The van der Waals surface area contributed by atoms with E-state index in [-0.39, 0.29) is 0 Å². The van der Waals surface area contributed by atoms with Crippen molar-refractivity contribution in [3.8, 4) is 0 Å². The van der Waals surface area contributed by atoms with Gasteiger partial charge in [-0.3, -0.25) is 10.3 Å². The first-order valence-electron chi connectivity index (χ1n) is 4.35. The molecule has 1 N–H and O–H groups in total. The van der Waals surface area contributed by atoms with Crippen LogP contribution in [-0.2, 0) is 0 Å². The highest BCUT2D eigenvalue weighted by Gasteiger charge is 2.19. The molecular formula is C8H21BN2. The van der Waals surface area contributed by atoms with Crippen LogP contribution in [0.5, 0.6) is 0 Å². The van der Waals surface area contributed by atoms with E-state index < -0.39 is 0 Å². The van der Waals surface area contributed by atoms with E-state index in [4.69, 9.17) is 0 Å². The summed E-state index contributed by atoms with van der Waals surface area (Å²) in [6, 6.07) is 0.521. The number of nitrogens with zero attached hydrogens (tertiary/aromatic N) is 1. The van der Waals surface area contributed by atoms with Gasteiger partial charge in [0, 0.05) is 6.04 Å². The van der Waals surface area contributed by atoms with Crippen LogP contribution in [0.1, 0.15) is 27.7 Å². The van der Waals surface area contributed by atoms with Crippen LogP contribution in [-0.4, -0.2) is 25.4 Å². The molecule has 0 saturated carbocycles. The monoisotopic (exact) mass is 156 g/mol. The molecule has 0 aliphatic rings. The molecule has 1 unspecified atom stereocenters. The minimum absolute atomic E-state index is 0.337. The highest BCUT2D eigenvalue weighted by molar-refractivity contribution is 6.29. The average Bonchev–Trinajstić information content (AvgIpc) is 1.85. The van der Waals surface area contributed by atoms with E-state index in [9.17, 15) is 0 Å². The van der Waals surface area contributed by atoms with E-state index in [1.165, 1.54) is 0 Å². The van der Waals surface area contributed by atoms with E-state index in [1.807, 2.05) is 0 Å². The van der Waals surface area contributed by atoms with Crippen LogP contribution in [0.15, 0.2) is 0 Å². The SMILES string of the molecule is CBN(C)NC(C)C(C)(C)C. The molecule has 0 amide bonds. The Balaban J connectivity index is 3.77. The first-order valence-corrected chi connectivity index (χ1v) is 4.35. The molecule has 0 aromatic heterocycles. The topological polar surface area (TPSA) is 15.3 Å². The van der Waals surface area contributed by atoms with Crippen LogP contribution in [0.25, 0.3) is 0 Å². The average molecular weight is 156 g/mol. The third kappa shape index (κ3) is 4.43. The molecule has 0 bridgehead atoms. The Hall–Kier alpha value is -0.0151. The standard InChI is InChI=1S/C8H21BN2/c1-7(8(2,3)4)10-11(6)9-5/h7,9-10H,1-6H3. The fraction of sp³-hybridized carbons (Fsp3) is 1.00. The molecule has 0 aliphatic heterocycles. The minimum atomic E-state index is 0.337. The van der Waals surface area contributed by atoms with Gasteiger partial charge >= 0.3 is 0 Å². The van der Waals surface area contributed by atoms with Gasteiger partial charge in [0.2, 0.25) is 7.41 Å². The van der Waals surface area contributed by atoms with Crippen molar-refractivity contribution in [3.05, 3.63) is 0 Å². The Morgan fingerprint density at radius 2 is 1.82 bits per heavy atom. The van der Waals surface area contributed by atoms with E-state index in [0.717, 1.165) is 7.41 Å². The summed E-state index contributed by atoms with van der Waals surface area (Å²) in [5.74, 6) is 0. The van der Waals surface area contributed by atoms with Crippen LogP contribution < -0.4 is 5.43 Å². The summed E-state index contributed by atoms with van der Waals surface area (Å²) >= 11 is 0. The third-order valence-electron chi connectivity index (χ3n) is 2.19. The second kappa shape index (κ2) is 4.12. The van der Waals surface area contributed by atoms with Gasteiger partial charge in [0.25, 0.3) is 0 Å². The van der Waals surface area contributed by atoms with Crippen LogP contribution in [0, 0.1) is 5.41 Å². The lowest BCUT2D eigenvalue weighted by Gasteiger charge is -2.32. The zero-order valence-corrected chi connectivity index (χ0v) is 8.73. The summed E-state index contributed by atoms with van der Waals surface area (Å²) in [5.41, 5.74) is 3.74. The molecule has 0 radical (unpaired) electrons. The molecule has 0 spiro atoms. The molecule has 0 saturated heterocycles. The molecule has 66 valence electrons. The lowest BCUT2D eigenvalue weighted by Crippen LogP contribution is -2.47. The van der Waals surface area contributed by atoms with E-state index >= 15 is 0 Å².